The molecule has 0 saturated heterocycles. The second kappa shape index (κ2) is 65.1. The summed E-state index contributed by atoms with van der Waals surface area (Å²) < 4.78 is 5.47. The molecule has 0 heterocycles. The van der Waals surface area contributed by atoms with E-state index < -0.39 is 12.1 Å². The number of ether oxygens (including phenoxy) is 1. The van der Waals surface area contributed by atoms with E-state index in [1.807, 2.05) is 6.08 Å². The number of carbonyl (C=O) groups is 2. The molecule has 0 bridgehead atoms. The van der Waals surface area contributed by atoms with Gasteiger partial charge in [-0.1, -0.05) is 293 Å². The zero-order valence-corrected chi connectivity index (χ0v) is 50.7. The molecule has 1 amide bonds. The lowest BCUT2D eigenvalue weighted by Gasteiger charge is -2.20. The predicted octanol–water partition coefficient (Wildman–Crippen LogP) is 21.5. The lowest BCUT2D eigenvalue weighted by atomic mass is 10.0. The highest BCUT2D eigenvalue weighted by Crippen LogP contribution is 2.17. The Bertz CT molecular complexity index is 1320. The quantitative estimate of drug-likeness (QED) is 0.0320. The molecule has 3 N–H and O–H groups in total. The highest BCUT2D eigenvalue weighted by Gasteiger charge is 2.18. The van der Waals surface area contributed by atoms with E-state index in [2.05, 4.69) is 67.8 Å². The van der Waals surface area contributed by atoms with Crippen LogP contribution in [0.2, 0.25) is 0 Å². The van der Waals surface area contributed by atoms with Gasteiger partial charge in [0.2, 0.25) is 5.91 Å². The van der Waals surface area contributed by atoms with Crippen molar-refractivity contribution >= 4 is 11.9 Å². The summed E-state index contributed by atoms with van der Waals surface area (Å²) >= 11 is 0. The summed E-state index contributed by atoms with van der Waals surface area (Å²) in [6, 6.07) is -0.643. The highest BCUT2D eigenvalue weighted by atomic mass is 16.5. The molecule has 0 saturated carbocycles. The normalized spacial score (nSPS) is 12.9. The summed E-state index contributed by atoms with van der Waals surface area (Å²) in [6.45, 7) is 4.85. The fourth-order valence-corrected chi connectivity index (χ4v) is 10.1. The van der Waals surface area contributed by atoms with Crippen LogP contribution in [0.15, 0.2) is 60.8 Å². The van der Waals surface area contributed by atoms with Gasteiger partial charge in [0.25, 0.3) is 0 Å². The third-order valence-electron chi connectivity index (χ3n) is 15.3. The Hall–Kier alpha value is -2.44. The number of amides is 1. The number of hydrogen-bond donors (Lipinski definition) is 3. The summed E-state index contributed by atoms with van der Waals surface area (Å²) in [5.74, 6) is -0.102. The van der Waals surface area contributed by atoms with Crippen LogP contribution in [0.25, 0.3) is 0 Å². The maximum absolute atomic E-state index is 12.5. The molecule has 76 heavy (non-hydrogen) atoms. The SMILES string of the molecule is CCCCC/C=C\C/C=C\CCCCCCCCCCCC(=O)OCCCCC/C=C\C/C=C\CCCCCCCCCC(=O)NC(CO)C(O)/C=C/CCCCCCCCCCCCCCCCCCCCCCC. The maximum Gasteiger partial charge on any atom is 0.305 e. The number of hydrogen-bond acceptors (Lipinski definition) is 5. The number of allylic oxidation sites excluding steroid dienone is 9. The average molecular weight is 1060 g/mol. The van der Waals surface area contributed by atoms with Gasteiger partial charge in [0.15, 0.2) is 0 Å². The van der Waals surface area contributed by atoms with Gasteiger partial charge in [-0.15, -0.1) is 0 Å². The van der Waals surface area contributed by atoms with E-state index in [-0.39, 0.29) is 18.5 Å². The van der Waals surface area contributed by atoms with Gasteiger partial charge in [0.05, 0.1) is 25.4 Å². The van der Waals surface area contributed by atoms with Gasteiger partial charge in [-0.3, -0.25) is 9.59 Å². The van der Waals surface area contributed by atoms with Crippen LogP contribution in [0, 0.1) is 0 Å². The van der Waals surface area contributed by atoms with Crippen LogP contribution in [0.4, 0.5) is 0 Å². The molecule has 2 atom stereocenters. The molecule has 0 spiro atoms. The van der Waals surface area contributed by atoms with Gasteiger partial charge < -0.3 is 20.3 Å². The fourth-order valence-electron chi connectivity index (χ4n) is 10.1. The summed E-state index contributed by atoms with van der Waals surface area (Å²) in [4.78, 5) is 24.6. The first-order valence-corrected chi connectivity index (χ1v) is 33.6. The monoisotopic (exact) mass is 1060 g/mol. The Kier molecular flexibility index (Phi) is 63.0. The van der Waals surface area contributed by atoms with Gasteiger partial charge in [0, 0.05) is 12.8 Å². The first-order chi connectivity index (χ1) is 37.5. The minimum absolute atomic E-state index is 0.0202. The lowest BCUT2D eigenvalue weighted by Crippen LogP contribution is -2.45. The van der Waals surface area contributed by atoms with E-state index in [1.54, 1.807) is 6.08 Å². The fraction of sp³-hybridized carbons (Fsp3) is 0.829. The summed E-state index contributed by atoms with van der Waals surface area (Å²) in [7, 11) is 0. The Morgan fingerprint density at radius 2 is 0.658 bits per heavy atom. The van der Waals surface area contributed by atoms with Crippen LogP contribution in [0.5, 0.6) is 0 Å². The maximum atomic E-state index is 12.5. The van der Waals surface area contributed by atoms with Gasteiger partial charge in [-0.25, -0.2) is 0 Å². The summed E-state index contributed by atoms with van der Waals surface area (Å²) in [5.41, 5.74) is 0. The highest BCUT2D eigenvalue weighted by molar-refractivity contribution is 5.76. The van der Waals surface area contributed by atoms with Crippen molar-refractivity contribution in [1.29, 1.82) is 0 Å². The molecule has 0 fully saturated rings. The van der Waals surface area contributed by atoms with E-state index in [0.29, 0.717) is 19.4 Å². The smallest absolute Gasteiger partial charge is 0.305 e. The van der Waals surface area contributed by atoms with Gasteiger partial charge in [0.1, 0.15) is 0 Å². The molecule has 0 aromatic rings. The van der Waals surface area contributed by atoms with Crippen LogP contribution in [-0.2, 0) is 14.3 Å². The first-order valence-electron chi connectivity index (χ1n) is 33.6. The minimum atomic E-state index is -0.858. The summed E-state index contributed by atoms with van der Waals surface area (Å²) in [6.07, 6.45) is 85.6. The third kappa shape index (κ3) is 60.8. The number of aliphatic hydroxyl groups is 2. The second-order valence-corrected chi connectivity index (χ2v) is 22.8. The topological polar surface area (TPSA) is 95.9 Å². The van der Waals surface area contributed by atoms with E-state index in [4.69, 9.17) is 4.74 Å². The van der Waals surface area contributed by atoms with Gasteiger partial charge in [-0.2, -0.15) is 0 Å². The van der Waals surface area contributed by atoms with Crippen molar-refractivity contribution in [3.8, 4) is 0 Å². The molecule has 2 unspecified atom stereocenters. The largest absolute Gasteiger partial charge is 0.466 e. The van der Waals surface area contributed by atoms with Crippen molar-refractivity contribution in [2.75, 3.05) is 13.2 Å². The van der Waals surface area contributed by atoms with Crippen molar-refractivity contribution in [2.45, 2.75) is 360 Å². The number of nitrogens with one attached hydrogen (secondary N) is 1. The number of carbonyl (C=O) groups excluding carboxylic acids is 2. The number of unbranched alkanes of at least 4 members (excludes halogenated alkanes) is 43. The van der Waals surface area contributed by atoms with E-state index in [9.17, 15) is 19.8 Å². The van der Waals surface area contributed by atoms with E-state index in [1.165, 1.54) is 231 Å². The molecule has 0 aromatic heterocycles. The molecular weight excluding hydrogens is 935 g/mol. The molecule has 0 radical (unpaired) electrons. The molecule has 444 valence electrons. The zero-order chi connectivity index (χ0) is 55.0. The van der Waals surface area contributed by atoms with Crippen LogP contribution < -0.4 is 5.32 Å². The summed E-state index contributed by atoms with van der Waals surface area (Å²) in [5, 5.41) is 23.2. The Morgan fingerprint density at radius 3 is 1.03 bits per heavy atom. The number of rotatable bonds is 62. The van der Waals surface area contributed by atoms with Crippen molar-refractivity contribution in [2.24, 2.45) is 0 Å². The van der Waals surface area contributed by atoms with Crippen molar-refractivity contribution in [3.05, 3.63) is 60.8 Å². The number of aliphatic hydroxyl groups excluding tert-OH is 2. The average Bonchev–Trinajstić information content (AvgIpc) is 3.42. The van der Waals surface area contributed by atoms with Crippen LogP contribution in [0.3, 0.4) is 0 Å². The van der Waals surface area contributed by atoms with Crippen LogP contribution in [0.1, 0.15) is 348 Å². The molecular formula is C70H129NO5. The molecule has 0 aliphatic rings. The Morgan fingerprint density at radius 1 is 0.368 bits per heavy atom. The van der Waals surface area contributed by atoms with Crippen LogP contribution in [-0.4, -0.2) is 47.4 Å². The predicted molar refractivity (Wildman–Crippen MR) is 333 cm³/mol. The first kappa shape index (κ1) is 73.6. The standard InChI is InChI=1S/C70H129NO5/c1-3-5-7-9-11-13-15-17-19-21-23-24-25-26-28-30-34-38-42-46-50-54-58-62-68(73)67(66-72)71-69(74)63-59-55-51-47-43-39-35-31-29-33-37-41-45-49-53-57-61-65-76-70(75)64-60-56-52-48-44-40-36-32-27-22-20-18-16-14-12-10-8-6-4-2/h12,14,18,20,29,33,41,45,58,62,67-68,72-73H,3-11,13,15-17,19,21-28,30-32,34-40,42-44,46-57,59-61,63-66H2,1-2H3,(H,71,74)/b14-12-,20-18-,33-29-,45-41-,62-58+. The van der Waals surface area contributed by atoms with Gasteiger partial charge in [-0.05, 0) is 103 Å². The van der Waals surface area contributed by atoms with E-state index in [0.717, 1.165) is 89.9 Å². The van der Waals surface area contributed by atoms with Crippen molar-refractivity contribution in [1.82, 2.24) is 5.32 Å². The third-order valence-corrected chi connectivity index (χ3v) is 15.3. The molecule has 0 aromatic carbocycles. The number of esters is 1. The zero-order valence-electron chi connectivity index (χ0n) is 50.7. The minimum Gasteiger partial charge on any atom is -0.466 e. The lowest BCUT2D eigenvalue weighted by molar-refractivity contribution is -0.143. The van der Waals surface area contributed by atoms with Crippen molar-refractivity contribution in [3.63, 3.8) is 0 Å². The van der Waals surface area contributed by atoms with Crippen molar-refractivity contribution < 1.29 is 24.5 Å². The molecule has 0 rings (SSSR count). The Balaban J connectivity index is 3.51. The Labute approximate surface area is 473 Å². The molecule has 0 aliphatic carbocycles. The molecule has 0 aliphatic heterocycles. The second-order valence-electron chi connectivity index (χ2n) is 22.8. The molecule has 6 nitrogen and oxygen atoms in total. The molecule has 6 heteroatoms. The van der Waals surface area contributed by atoms with Crippen LogP contribution >= 0.6 is 0 Å². The van der Waals surface area contributed by atoms with E-state index >= 15 is 0 Å². The van der Waals surface area contributed by atoms with Gasteiger partial charge >= 0.3 is 5.97 Å².